The molecule has 0 saturated heterocycles. The summed E-state index contributed by atoms with van der Waals surface area (Å²) in [6.45, 7) is 5.55. The summed E-state index contributed by atoms with van der Waals surface area (Å²) < 4.78 is 0. The fourth-order valence-corrected chi connectivity index (χ4v) is 2.16. The maximum absolute atomic E-state index is 11.0. The smallest absolute Gasteiger partial charge is 0.221 e. The van der Waals surface area contributed by atoms with Crippen LogP contribution in [0.2, 0.25) is 0 Å². The van der Waals surface area contributed by atoms with Crippen molar-refractivity contribution in [1.82, 2.24) is 10.2 Å². The number of hydrogen-bond acceptors (Lipinski definition) is 2. The molecule has 0 spiro atoms. The van der Waals surface area contributed by atoms with Crippen molar-refractivity contribution in [3.05, 3.63) is 29.8 Å². The first-order valence-corrected chi connectivity index (χ1v) is 7.85. The molecule has 23 heavy (non-hydrogen) atoms. The molecule has 130 valence electrons. The minimum absolute atomic E-state index is 0. The second kappa shape index (κ2) is 12.2. The second-order valence-electron chi connectivity index (χ2n) is 5.38. The highest BCUT2D eigenvalue weighted by Gasteiger charge is 2.04. The van der Waals surface area contributed by atoms with E-state index in [0.717, 1.165) is 31.2 Å². The van der Waals surface area contributed by atoms with Gasteiger partial charge in [-0.15, -0.1) is 24.0 Å². The monoisotopic (exact) mass is 432 g/mol. The van der Waals surface area contributed by atoms with Crippen LogP contribution in [0.4, 0.5) is 5.69 Å². The molecule has 0 unspecified atom stereocenters. The molecule has 0 aliphatic rings. The van der Waals surface area contributed by atoms with Gasteiger partial charge in [-0.2, -0.15) is 0 Å². The van der Waals surface area contributed by atoms with E-state index in [1.165, 1.54) is 25.3 Å². The molecule has 0 heterocycles. The van der Waals surface area contributed by atoms with Gasteiger partial charge < -0.3 is 15.5 Å². The Labute approximate surface area is 157 Å². The average molecular weight is 432 g/mol. The molecule has 0 bridgehead atoms. The molecule has 0 saturated carbocycles. The summed E-state index contributed by atoms with van der Waals surface area (Å²) in [7, 11) is 3.88. The summed E-state index contributed by atoms with van der Waals surface area (Å²) in [6, 6.07) is 7.94. The van der Waals surface area contributed by atoms with Gasteiger partial charge in [-0.1, -0.05) is 25.5 Å². The topological polar surface area (TPSA) is 56.7 Å². The van der Waals surface area contributed by atoms with Crippen LogP contribution in [-0.4, -0.2) is 44.0 Å². The summed E-state index contributed by atoms with van der Waals surface area (Å²) in [5.74, 6) is 0.886. The number of nitrogens with zero attached hydrogens (tertiary/aromatic N) is 2. The van der Waals surface area contributed by atoms with Gasteiger partial charge in [-0.05, 0) is 30.5 Å². The molecule has 2 N–H and O–H groups in total. The number of amides is 1. The lowest BCUT2D eigenvalue weighted by atomic mass is 10.1. The van der Waals surface area contributed by atoms with Gasteiger partial charge in [0.15, 0.2) is 5.96 Å². The van der Waals surface area contributed by atoms with Crippen LogP contribution < -0.4 is 10.6 Å². The van der Waals surface area contributed by atoms with Crippen molar-refractivity contribution in [2.75, 3.05) is 32.5 Å². The zero-order valence-electron chi connectivity index (χ0n) is 14.6. The van der Waals surface area contributed by atoms with E-state index in [1.807, 2.05) is 31.3 Å². The van der Waals surface area contributed by atoms with Crippen LogP contribution in [0.25, 0.3) is 0 Å². The van der Waals surface area contributed by atoms with Crippen LogP contribution in [0.15, 0.2) is 29.3 Å². The predicted octanol–water partition coefficient (Wildman–Crippen LogP) is 3.11. The van der Waals surface area contributed by atoms with Gasteiger partial charge in [0.05, 0.1) is 0 Å². The molecule has 0 aliphatic carbocycles. The first kappa shape index (κ1) is 21.7. The van der Waals surface area contributed by atoms with E-state index in [9.17, 15) is 4.79 Å². The van der Waals surface area contributed by atoms with Crippen LogP contribution in [-0.2, 0) is 11.2 Å². The number of hydrogen-bond donors (Lipinski definition) is 2. The fraction of sp³-hybridized carbons (Fsp3) is 0.529. The van der Waals surface area contributed by atoms with Crippen molar-refractivity contribution in [2.45, 2.75) is 33.1 Å². The first-order chi connectivity index (χ1) is 10.6. The normalized spacial score (nSPS) is 10.7. The molecular formula is C17H29IN4O. The minimum Gasteiger partial charge on any atom is -0.356 e. The van der Waals surface area contributed by atoms with Crippen molar-refractivity contribution in [1.29, 1.82) is 0 Å². The summed E-state index contributed by atoms with van der Waals surface area (Å²) in [5.41, 5.74) is 2.06. The number of unbranched alkanes of at least 4 members (excludes halogenated alkanes) is 1. The van der Waals surface area contributed by atoms with Gasteiger partial charge in [0.2, 0.25) is 5.91 Å². The Morgan fingerprint density at radius 1 is 1.26 bits per heavy atom. The highest BCUT2D eigenvalue weighted by molar-refractivity contribution is 14.0. The predicted molar refractivity (Wildman–Crippen MR) is 109 cm³/mol. The molecule has 1 rings (SSSR count). The van der Waals surface area contributed by atoms with Crippen molar-refractivity contribution >= 4 is 41.5 Å². The van der Waals surface area contributed by atoms with Crippen molar-refractivity contribution in [2.24, 2.45) is 4.99 Å². The standard InChI is InChI=1S/C17H28N4O.HI/c1-5-6-13-21(4)17(18-3)19-12-11-15-7-9-16(10-8-15)20-14(2)22;/h7-10H,5-6,11-13H2,1-4H3,(H,18,19)(H,20,22);1H. The van der Waals surface area contributed by atoms with Crippen LogP contribution in [0.1, 0.15) is 32.3 Å². The van der Waals surface area contributed by atoms with Gasteiger partial charge in [-0.3, -0.25) is 9.79 Å². The molecule has 0 aromatic heterocycles. The molecule has 0 radical (unpaired) electrons. The van der Waals surface area contributed by atoms with Gasteiger partial charge in [0.1, 0.15) is 0 Å². The van der Waals surface area contributed by atoms with E-state index in [-0.39, 0.29) is 29.9 Å². The number of guanidine groups is 1. The van der Waals surface area contributed by atoms with Crippen molar-refractivity contribution in [3.63, 3.8) is 0 Å². The Kier molecular flexibility index (Phi) is 11.5. The van der Waals surface area contributed by atoms with E-state index in [4.69, 9.17) is 0 Å². The number of benzene rings is 1. The zero-order chi connectivity index (χ0) is 16.4. The molecule has 1 aromatic carbocycles. The van der Waals surface area contributed by atoms with Crippen LogP contribution in [0.3, 0.4) is 0 Å². The van der Waals surface area contributed by atoms with Crippen molar-refractivity contribution < 1.29 is 4.79 Å². The Hall–Kier alpha value is -1.31. The lowest BCUT2D eigenvalue weighted by molar-refractivity contribution is -0.114. The van der Waals surface area contributed by atoms with Crippen LogP contribution >= 0.6 is 24.0 Å². The van der Waals surface area contributed by atoms with E-state index in [1.54, 1.807) is 0 Å². The summed E-state index contributed by atoms with van der Waals surface area (Å²) in [5, 5.41) is 6.15. The molecule has 1 amide bonds. The molecule has 0 aliphatic heterocycles. The SMILES string of the molecule is CCCCN(C)C(=NC)NCCc1ccc(NC(C)=O)cc1.I. The highest BCUT2D eigenvalue weighted by atomic mass is 127. The number of aliphatic imine (C=N–C) groups is 1. The minimum atomic E-state index is -0.0478. The lowest BCUT2D eigenvalue weighted by Gasteiger charge is -2.21. The molecule has 5 nitrogen and oxygen atoms in total. The number of anilines is 1. The summed E-state index contributed by atoms with van der Waals surface area (Å²) >= 11 is 0. The first-order valence-electron chi connectivity index (χ1n) is 7.85. The third kappa shape index (κ3) is 8.78. The van der Waals surface area contributed by atoms with E-state index >= 15 is 0 Å². The Morgan fingerprint density at radius 3 is 2.43 bits per heavy atom. The molecule has 0 fully saturated rings. The highest BCUT2D eigenvalue weighted by Crippen LogP contribution is 2.09. The number of carbonyl (C=O) groups is 1. The number of rotatable bonds is 7. The van der Waals surface area contributed by atoms with Gasteiger partial charge >= 0.3 is 0 Å². The quantitative estimate of drug-likeness (QED) is 0.396. The number of carbonyl (C=O) groups excluding carboxylic acids is 1. The third-order valence-corrected chi connectivity index (χ3v) is 3.39. The molecule has 6 heteroatoms. The van der Waals surface area contributed by atoms with Gasteiger partial charge in [0, 0.05) is 39.8 Å². The second-order valence-corrected chi connectivity index (χ2v) is 5.38. The Morgan fingerprint density at radius 2 is 1.91 bits per heavy atom. The van der Waals surface area contributed by atoms with E-state index < -0.39 is 0 Å². The Balaban J connectivity index is 0.00000484. The largest absolute Gasteiger partial charge is 0.356 e. The molecular weight excluding hydrogens is 403 g/mol. The maximum Gasteiger partial charge on any atom is 0.221 e. The number of nitrogens with one attached hydrogen (secondary N) is 2. The van der Waals surface area contributed by atoms with Gasteiger partial charge in [-0.25, -0.2) is 0 Å². The third-order valence-electron chi connectivity index (χ3n) is 3.39. The molecule has 0 atom stereocenters. The van der Waals surface area contributed by atoms with Crippen LogP contribution in [0, 0.1) is 0 Å². The maximum atomic E-state index is 11.0. The Bertz CT molecular complexity index is 488. The van der Waals surface area contributed by atoms with E-state index in [2.05, 4.69) is 34.5 Å². The number of halogens is 1. The average Bonchev–Trinajstić information content (AvgIpc) is 2.50. The van der Waals surface area contributed by atoms with Gasteiger partial charge in [0.25, 0.3) is 0 Å². The lowest BCUT2D eigenvalue weighted by Crippen LogP contribution is -2.40. The van der Waals surface area contributed by atoms with E-state index in [0.29, 0.717) is 0 Å². The van der Waals surface area contributed by atoms with Crippen LogP contribution in [0.5, 0.6) is 0 Å². The zero-order valence-corrected chi connectivity index (χ0v) is 16.9. The summed E-state index contributed by atoms with van der Waals surface area (Å²) in [6.07, 6.45) is 3.27. The van der Waals surface area contributed by atoms with Crippen molar-refractivity contribution in [3.8, 4) is 0 Å². The summed E-state index contributed by atoms with van der Waals surface area (Å²) in [4.78, 5) is 17.4. The fourth-order valence-electron chi connectivity index (χ4n) is 2.16. The molecule has 1 aromatic rings.